The molecule has 16 heteroatoms. The normalized spacial score (nSPS) is 19.7. The maximum absolute atomic E-state index is 13.9. The predicted molar refractivity (Wildman–Crippen MR) is 206 cm³/mol. The summed E-state index contributed by atoms with van der Waals surface area (Å²) in [5.41, 5.74) is 5.61. The maximum atomic E-state index is 13.9. The van der Waals surface area contributed by atoms with Gasteiger partial charge in [0.15, 0.2) is 0 Å². The summed E-state index contributed by atoms with van der Waals surface area (Å²) in [6, 6.07) is 12.1. The zero-order valence-corrected chi connectivity index (χ0v) is 31.7. The minimum absolute atomic E-state index is 0.0815. The summed E-state index contributed by atoms with van der Waals surface area (Å²) in [6.07, 6.45) is 7.65. The molecule has 4 N–H and O–H groups in total. The number of hydrogen-bond donors (Lipinski definition) is 4. The molecule has 2 saturated heterocycles. The van der Waals surface area contributed by atoms with E-state index in [9.17, 15) is 19.2 Å². The number of rotatable bonds is 9. The molecule has 0 spiro atoms. The number of benzene rings is 2. The molecular weight excluding hydrogens is 717 g/mol. The molecule has 16 nitrogen and oxygen atoms in total. The van der Waals surface area contributed by atoms with Gasteiger partial charge >= 0.3 is 12.2 Å². The Bertz CT molecular complexity index is 2280. The number of carbonyl (C=O) groups excluding carboxylic acids is 4. The summed E-state index contributed by atoms with van der Waals surface area (Å²) in [5, 5.41) is 15.5. The average Bonchev–Trinajstić information content (AvgIpc) is 4.07. The molecule has 0 bridgehead atoms. The molecule has 5 heterocycles. The van der Waals surface area contributed by atoms with Gasteiger partial charge in [-0.05, 0) is 75.6 Å². The molecular formula is C40H46N10O6. The number of aromatic amines is 2. The van der Waals surface area contributed by atoms with Crippen LogP contribution in [-0.4, -0.2) is 103 Å². The number of imidazole rings is 2. The van der Waals surface area contributed by atoms with Crippen LogP contribution in [0.1, 0.15) is 82.0 Å². The third-order valence-electron chi connectivity index (χ3n) is 11.5. The van der Waals surface area contributed by atoms with Gasteiger partial charge in [-0.3, -0.25) is 9.59 Å². The first-order valence-electron chi connectivity index (χ1n) is 19.3. The van der Waals surface area contributed by atoms with Gasteiger partial charge in [0.25, 0.3) is 0 Å². The first-order chi connectivity index (χ1) is 27.2. The van der Waals surface area contributed by atoms with Crippen LogP contribution in [0.2, 0.25) is 0 Å². The molecule has 56 heavy (non-hydrogen) atoms. The van der Waals surface area contributed by atoms with Gasteiger partial charge < -0.3 is 39.9 Å². The van der Waals surface area contributed by atoms with Crippen LogP contribution in [-0.2, 0) is 19.1 Å². The molecule has 2 aliphatic heterocycles. The Morgan fingerprint density at radius 3 is 2.20 bits per heavy atom. The predicted octanol–water partition coefficient (Wildman–Crippen LogP) is 5.55. The Labute approximate surface area is 323 Å². The van der Waals surface area contributed by atoms with Crippen LogP contribution < -0.4 is 10.6 Å². The van der Waals surface area contributed by atoms with Gasteiger partial charge in [-0.25, -0.2) is 19.6 Å². The summed E-state index contributed by atoms with van der Waals surface area (Å²) in [4.78, 5) is 71.0. The van der Waals surface area contributed by atoms with Crippen LogP contribution in [0.25, 0.3) is 44.5 Å². The molecule has 4 atom stereocenters. The van der Waals surface area contributed by atoms with E-state index in [1.165, 1.54) is 14.2 Å². The molecule has 2 aromatic carbocycles. The van der Waals surface area contributed by atoms with Crippen molar-refractivity contribution in [2.45, 2.75) is 82.5 Å². The molecule has 1 saturated carbocycles. The van der Waals surface area contributed by atoms with Crippen LogP contribution >= 0.6 is 0 Å². The van der Waals surface area contributed by atoms with E-state index in [0.29, 0.717) is 24.6 Å². The van der Waals surface area contributed by atoms with E-state index in [4.69, 9.17) is 9.72 Å². The topological polar surface area (TPSA) is 200 Å². The minimum atomic E-state index is -0.724. The zero-order chi connectivity index (χ0) is 38.9. The molecule has 3 aromatic heterocycles. The number of carbonyl (C=O) groups is 4. The third-order valence-corrected chi connectivity index (χ3v) is 11.5. The van der Waals surface area contributed by atoms with Gasteiger partial charge in [0, 0.05) is 29.6 Å². The third kappa shape index (κ3) is 7.22. The molecule has 8 rings (SSSR count). The SMILES string of the molecule is COC(=O)NC(C)C(=O)N1CCCC1c1ncc(-c2ccc3cc(-c4ccc5nc(C6CCCN6C(=O)C(NC(=O)OC)C6CCCC6)[nH]c5c4)nnc3c2)[nH]1. The van der Waals surface area contributed by atoms with E-state index < -0.39 is 24.3 Å². The Kier molecular flexibility index (Phi) is 10.3. The zero-order valence-electron chi connectivity index (χ0n) is 31.7. The van der Waals surface area contributed by atoms with Crippen molar-refractivity contribution in [3.63, 3.8) is 0 Å². The van der Waals surface area contributed by atoms with Crippen molar-refractivity contribution in [2.24, 2.45) is 5.92 Å². The lowest BCUT2D eigenvalue weighted by molar-refractivity contribution is -0.136. The fourth-order valence-corrected chi connectivity index (χ4v) is 8.56. The highest BCUT2D eigenvalue weighted by Gasteiger charge is 2.40. The highest BCUT2D eigenvalue weighted by Crippen LogP contribution is 2.37. The number of nitrogens with zero attached hydrogens (tertiary/aromatic N) is 6. The van der Waals surface area contributed by atoms with E-state index in [2.05, 4.69) is 40.5 Å². The Morgan fingerprint density at radius 1 is 0.750 bits per heavy atom. The minimum Gasteiger partial charge on any atom is -0.453 e. The number of hydrogen-bond acceptors (Lipinski definition) is 10. The van der Waals surface area contributed by atoms with E-state index >= 15 is 0 Å². The quantitative estimate of drug-likeness (QED) is 0.148. The van der Waals surface area contributed by atoms with Crippen LogP contribution in [0, 0.1) is 5.92 Å². The molecule has 3 aliphatic rings. The standard InChI is InChI=1S/C40H46N10O6/c1-22(42-39(53)55-2)37(51)49-16-6-10-32(49)35-41-21-31(45-35)26-13-12-24-18-28(47-48-29(24)19-26)25-14-15-27-30(20-25)44-36(43-27)33-11-7-17-50(33)38(52)34(46-40(54)56-3)23-8-4-5-9-23/h12-15,18-23,32-34H,4-11,16-17H2,1-3H3,(H,41,45)(H,42,53)(H,43,44)(H,46,54). The number of H-pyrrole nitrogens is 2. The number of amides is 4. The lowest BCUT2D eigenvalue weighted by atomic mass is 9.96. The molecule has 292 valence electrons. The number of aromatic nitrogens is 6. The maximum Gasteiger partial charge on any atom is 0.407 e. The second kappa shape index (κ2) is 15.6. The first-order valence-corrected chi connectivity index (χ1v) is 19.3. The van der Waals surface area contributed by atoms with Crippen molar-refractivity contribution in [1.82, 2.24) is 50.6 Å². The molecule has 1 aliphatic carbocycles. The summed E-state index contributed by atoms with van der Waals surface area (Å²) in [7, 11) is 2.59. The second-order valence-electron chi connectivity index (χ2n) is 14.9. The van der Waals surface area contributed by atoms with E-state index in [-0.39, 0.29) is 29.8 Å². The largest absolute Gasteiger partial charge is 0.453 e. The molecule has 4 unspecified atom stereocenters. The van der Waals surface area contributed by atoms with Gasteiger partial charge in [0.05, 0.1) is 60.4 Å². The van der Waals surface area contributed by atoms with Gasteiger partial charge in [-0.1, -0.05) is 31.0 Å². The average molecular weight is 763 g/mol. The van der Waals surface area contributed by atoms with E-state index in [1.54, 1.807) is 18.0 Å². The Balaban J connectivity index is 0.979. The fraction of sp³-hybridized carbons (Fsp3) is 0.450. The van der Waals surface area contributed by atoms with Crippen molar-refractivity contribution in [2.75, 3.05) is 27.3 Å². The summed E-state index contributed by atoms with van der Waals surface area (Å²) in [5.74, 6) is 1.23. The van der Waals surface area contributed by atoms with Crippen LogP contribution in [0.4, 0.5) is 9.59 Å². The number of fused-ring (bicyclic) bond motifs is 2. The lowest BCUT2D eigenvalue weighted by Gasteiger charge is -2.31. The van der Waals surface area contributed by atoms with E-state index in [0.717, 1.165) is 95.9 Å². The number of nitrogens with one attached hydrogen (secondary N) is 4. The van der Waals surface area contributed by atoms with Gasteiger partial charge in [0.1, 0.15) is 23.7 Å². The number of alkyl carbamates (subject to hydrolysis) is 2. The molecule has 0 radical (unpaired) electrons. The van der Waals surface area contributed by atoms with Crippen molar-refractivity contribution < 1.29 is 28.7 Å². The van der Waals surface area contributed by atoms with Crippen LogP contribution in [0.15, 0.2) is 48.7 Å². The van der Waals surface area contributed by atoms with E-state index in [1.807, 2.05) is 47.4 Å². The molecule has 5 aromatic rings. The summed E-state index contributed by atoms with van der Waals surface area (Å²) in [6.45, 7) is 2.82. The van der Waals surface area contributed by atoms with Gasteiger partial charge in [0.2, 0.25) is 11.8 Å². The smallest absolute Gasteiger partial charge is 0.407 e. The fourth-order valence-electron chi connectivity index (χ4n) is 8.56. The second-order valence-corrected chi connectivity index (χ2v) is 14.9. The number of ether oxygens (including phenoxy) is 2. The monoisotopic (exact) mass is 762 g/mol. The number of likely N-dealkylation sites (tertiary alicyclic amines) is 2. The van der Waals surface area contributed by atoms with Crippen molar-refractivity contribution in [1.29, 1.82) is 0 Å². The molecule has 4 amide bonds. The first kappa shape index (κ1) is 36.9. The molecule has 3 fully saturated rings. The van der Waals surface area contributed by atoms with Gasteiger partial charge in [-0.15, -0.1) is 10.2 Å². The summed E-state index contributed by atoms with van der Waals surface area (Å²) >= 11 is 0. The Morgan fingerprint density at radius 2 is 1.45 bits per heavy atom. The highest BCUT2D eigenvalue weighted by atomic mass is 16.5. The van der Waals surface area contributed by atoms with Crippen molar-refractivity contribution >= 4 is 45.9 Å². The highest BCUT2D eigenvalue weighted by molar-refractivity contribution is 5.89. The van der Waals surface area contributed by atoms with Gasteiger partial charge in [-0.2, -0.15) is 0 Å². The Hall–Kier alpha value is -6.06. The van der Waals surface area contributed by atoms with Crippen LogP contribution in [0.3, 0.4) is 0 Å². The van der Waals surface area contributed by atoms with Crippen molar-refractivity contribution in [3.05, 3.63) is 60.3 Å². The summed E-state index contributed by atoms with van der Waals surface area (Å²) < 4.78 is 9.52. The lowest BCUT2D eigenvalue weighted by Crippen LogP contribution is -2.51. The number of methoxy groups -OCH3 is 2. The van der Waals surface area contributed by atoms with Crippen molar-refractivity contribution in [3.8, 4) is 22.5 Å². The van der Waals surface area contributed by atoms with Crippen LogP contribution in [0.5, 0.6) is 0 Å².